The number of nitrogens with two attached hydrogens (primary N) is 1. The van der Waals surface area contributed by atoms with Crippen LogP contribution in [0.2, 0.25) is 0 Å². The molecule has 1 aliphatic heterocycles. The molecule has 3 N–H and O–H groups in total. The van der Waals surface area contributed by atoms with Gasteiger partial charge in [-0.25, -0.2) is 4.98 Å². The molecule has 4 aromatic rings. The lowest BCUT2D eigenvalue weighted by Crippen LogP contribution is -2.29. The summed E-state index contributed by atoms with van der Waals surface area (Å²) in [5.74, 6) is -0.00679. The summed E-state index contributed by atoms with van der Waals surface area (Å²) in [6.45, 7) is 4.17. The number of amides is 1. The predicted octanol–water partition coefficient (Wildman–Crippen LogP) is 4.32. The maximum atomic E-state index is 12.2. The van der Waals surface area contributed by atoms with E-state index in [0.29, 0.717) is 5.56 Å². The van der Waals surface area contributed by atoms with Gasteiger partial charge in [-0.2, -0.15) is 0 Å². The van der Waals surface area contributed by atoms with Crippen LogP contribution in [-0.4, -0.2) is 73.0 Å². The van der Waals surface area contributed by atoms with E-state index in [1.54, 1.807) is 19.0 Å². The Kier molecular flexibility index (Phi) is 6.17. The van der Waals surface area contributed by atoms with Gasteiger partial charge >= 0.3 is 0 Å². The maximum absolute atomic E-state index is 12.2. The summed E-state index contributed by atoms with van der Waals surface area (Å²) in [6.07, 6.45) is 4.99. The van der Waals surface area contributed by atoms with E-state index < -0.39 is 0 Å². The number of nitrogens with one attached hydrogen (secondary N) is 1. The number of rotatable bonds is 4. The SMILES string of the molecule is CN1CCCN(c2ccc(-c3cnc4[nH]cc(-c5ccc(C(=O)N(C)C)cc5)c4c3)cc2N)CC1. The minimum atomic E-state index is -0.00679. The molecule has 1 aliphatic rings. The van der Waals surface area contributed by atoms with E-state index in [0.717, 1.165) is 77.3 Å². The lowest BCUT2D eigenvalue weighted by molar-refractivity contribution is 0.0827. The topological polar surface area (TPSA) is 81.5 Å². The fourth-order valence-electron chi connectivity index (χ4n) is 4.76. The molecule has 0 radical (unpaired) electrons. The second-order valence-corrected chi connectivity index (χ2v) is 9.52. The first-order valence-electron chi connectivity index (χ1n) is 12.0. The van der Waals surface area contributed by atoms with Crippen LogP contribution in [-0.2, 0) is 0 Å². The number of aromatic nitrogens is 2. The molecule has 3 heterocycles. The zero-order chi connectivity index (χ0) is 24.5. The standard InChI is InChI=1S/C28H32N6O/c1-32(2)28(35)20-7-5-19(6-8-20)24-18-31-27-23(24)15-22(17-30-27)21-9-10-26(25(29)16-21)34-12-4-11-33(3)13-14-34/h5-10,15-18H,4,11-14,29H2,1-3H3,(H,30,31). The smallest absolute Gasteiger partial charge is 0.253 e. The first-order chi connectivity index (χ1) is 16.9. The first kappa shape index (κ1) is 22.9. The highest BCUT2D eigenvalue weighted by atomic mass is 16.2. The number of aromatic amines is 1. The third-order valence-electron chi connectivity index (χ3n) is 6.80. The van der Waals surface area contributed by atoms with Crippen LogP contribution in [0, 0.1) is 0 Å². The summed E-state index contributed by atoms with van der Waals surface area (Å²) in [7, 11) is 5.69. The van der Waals surface area contributed by atoms with Gasteiger partial charge in [-0.3, -0.25) is 4.79 Å². The van der Waals surface area contributed by atoms with Crippen LogP contribution >= 0.6 is 0 Å². The Labute approximate surface area is 206 Å². The van der Waals surface area contributed by atoms with Crippen LogP contribution in [0.4, 0.5) is 11.4 Å². The molecule has 180 valence electrons. The van der Waals surface area contributed by atoms with Crippen LogP contribution in [0.15, 0.2) is 60.9 Å². The number of anilines is 2. The van der Waals surface area contributed by atoms with Crippen LogP contribution in [0.5, 0.6) is 0 Å². The molecule has 1 amide bonds. The van der Waals surface area contributed by atoms with Gasteiger partial charge in [0.2, 0.25) is 0 Å². The van der Waals surface area contributed by atoms with Crippen molar-refractivity contribution >= 4 is 28.3 Å². The van der Waals surface area contributed by atoms with Gasteiger partial charge in [-0.05, 0) is 61.5 Å². The average molecular weight is 469 g/mol. The summed E-state index contributed by atoms with van der Waals surface area (Å²) in [4.78, 5) is 26.5. The molecule has 0 saturated carbocycles. The molecule has 0 bridgehead atoms. The molecule has 2 aromatic heterocycles. The molecule has 5 rings (SSSR count). The molecule has 1 fully saturated rings. The minimum absolute atomic E-state index is 0.00679. The van der Waals surface area contributed by atoms with Crippen LogP contribution in [0.1, 0.15) is 16.8 Å². The number of hydrogen-bond acceptors (Lipinski definition) is 5. The largest absolute Gasteiger partial charge is 0.397 e. The second-order valence-electron chi connectivity index (χ2n) is 9.52. The Morgan fingerprint density at radius 2 is 1.74 bits per heavy atom. The molecular weight excluding hydrogens is 436 g/mol. The van der Waals surface area contributed by atoms with E-state index in [1.165, 1.54) is 0 Å². The van der Waals surface area contributed by atoms with Crippen LogP contribution in [0.3, 0.4) is 0 Å². The number of pyridine rings is 1. The maximum Gasteiger partial charge on any atom is 0.253 e. The van der Waals surface area contributed by atoms with Crippen molar-refractivity contribution in [1.29, 1.82) is 0 Å². The number of carbonyl (C=O) groups excluding carboxylic acids is 1. The Bertz CT molecular complexity index is 1360. The Balaban J connectivity index is 1.45. The van der Waals surface area contributed by atoms with Crippen molar-refractivity contribution in [3.8, 4) is 22.3 Å². The van der Waals surface area contributed by atoms with Crippen molar-refractivity contribution in [2.75, 3.05) is 58.0 Å². The molecule has 7 nitrogen and oxygen atoms in total. The molecule has 0 unspecified atom stereocenters. The van der Waals surface area contributed by atoms with Crippen molar-refractivity contribution in [1.82, 2.24) is 19.8 Å². The molecule has 0 atom stereocenters. The lowest BCUT2D eigenvalue weighted by atomic mass is 10.0. The molecular formula is C28H32N6O. The van der Waals surface area contributed by atoms with E-state index >= 15 is 0 Å². The molecule has 35 heavy (non-hydrogen) atoms. The van der Waals surface area contributed by atoms with Crippen LogP contribution in [0.25, 0.3) is 33.3 Å². The minimum Gasteiger partial charge on any atom is -0.397 e. The quantitative estimate of drug-likeness (QED) is 0.436. The third kappa shape index (κ3) is 4.59. The summed E-state index contributed by atoms with van der Waals surface area (Å²) in [5.41, 5.74) is 14.1. The van der Waals surface area contributed by atoms with Crippen molar-refractivity contribution in [3.05, 3.63) is 66.5 Å². The third-order valence-corrected chi connectivity index (χ3v) is 6.80. The van der Waals surface area contributed by atoms with Crippen molar-refractivity contribution in [2.24, 2.45) is 0 Å². The number of nitrogen functional groups attached to an aromatic ring is 1. The van der Waals surface area contributed by atoms with Crippen molar-refractivity contribution in [2.45, 2.75) is 6.42 Å². The van der Waals surface area contributed by atoms with E-state index in [1.807, 2.05) is 36.7 Å². The number of benzene rings is 2. The molecule has 1 saturated heterocycles. The summed E-state index contributed by atoms with van der Waals surface area (Å²) in [5, 5.41) is 1.03. The summed E-state index contributed by atoms with van der Waals surface area (Å²) in [6, 6.07) is 16.2. The van der Waals surface area contributed by atoms with E-state index in [4.69, 9.17) is 5.73 Å². The molecule has 0 aliphatic carbocycles. The lowest BCUT2D eigenvalue weighted by Gasteiger charge is -2.24. The van der Waals surface area contributed by atoms with Crippen LogP contribution < -0.4 is 10.6 Å². The van der Waals surface area contributed by atoms with E-state index in [2.05, 4.69) is 51.1 Å². The van der Waals surface area contributed by atoms with Gasteiger partial charge in [0.05, 0.1) is 11.4 Å². The fraction of sp³-hybridized carbons (Fsp3) is 0.286. The first-order valence-corrected chi connectivity index (χ1v) is 12.0. The second kappa shape index (κ2) is 9.43. The number of nitrogens with zero attached hydrogens (tertiary/aromatic N) is 4. The van der Waals surface area contributed by atoms with Gasteiger partial charge in [0.25, 0.3) is 5.91 Å². The highest BCUT2D eigenvalue weighted by Crippen LogP contribution is 2.34. The Morgan fingerprint density at radius 3 is 2.49 bits per heavy atom. The van der Waals surface area contributed by atoms with Gasteiger partial charge in [0.15, 0.2) is 0 Å². The van der Waals surface area contributed by atoms with Gasteiger partial charge in [-0.1, -0.05) is 18.2 Å². The Morgan fingerprint density at radius 1 is 0.971 bits per heavy atom. The monoisotopic (exact) mass is 468 g/mol. The molecule has 7 heteroatoms. The predicted molar refractivity (Wildman–Crippen MR) is 144 cm³/mol. The number of H-pyrrole nitrogens is 1. The van der Waals surface area contributed by atoms with Gasteiger partial charge in [-0.15, -0.1) is 0 Å². The van der Waals surface area contributed by atoms with Gasteiger partial charge < -0.3 is 25.4 Å². The van der Waals surface area contributed by atoms with E-state index in [-0.39, 0.29) is 5.91 Å². The zero-order valence-corrected chi connectivity index (χ0v) is 20.6. The highest BCUT2D eigenvalue weighted by molar-refractivity contribution is 5.98. The normalized spacial score (nSPS) is 14.8. The molecule has 0 spiro atoms. The van der Waals surface area contributed by atoms with Crippen molar-refractivity contribution in [3.63, 3.8) is 0 Å². The fourth-order valence-corrected chi connectivity index (χ4v) is 4.76. The Hall–Kier alpha value is -3.84. The highest BCUT2D eigenvalue weighted by Gasteiger charge is 2.16. The van der Waals surface area contributed by atoms with Gasteiger partial charge in [0, 0.05) is 68.2 Å². The average Bonchev–Trinajstić information content (AvgIpc) is 3.17. The number of hydrogen-bond donors (Lipinski definition) is 2. The summed E-state index contributed by atoms with van der Waals surface area (Å²) >= 11 is 0. The number of carbonyl (C=O) groups is 1. The van der Waals surface area contributed by atoms with E-state index in [9.17, 15) is 4.79 Å². The number of likely N-dealkylation sites (N-methyl/N-ethyl adjacent to an activating group) is 1. The van der Waals surface area contributed by atoms with Gasteiger partial charge in [0.1, 0.15) is 5.65 Å². The zero-order valence-electron chi connectivity index (χ0n) is 20.6. The molecule has 2 aromatic carbocycles. The van der Waals surface area contributed by atoms with Crippen molar-refractivity contribution < 1.29 is 4.79 Å². The summed E-state index contributed by atoms with van der Waals surface area (Å²) < 4.78 is 0. The number of fused-ring (bicyclic) bond motifs is 1.